The molecule has 5 aromatic rings. The highest BCUT2D eigenvalue weighted by molar-refractivity contribution is 5.98. The second kappa shape index (κ2) is 8.76. The predicted octanol–water partition coefficient (Wildman–Crippen LogP) is 6.05. The molecule has 1 aliphatic rings. The Balaban J connectivity index is 1.52. The topological polar surface area (TPSA) is 47.8 Å². The molecule has 1 N–H and O–H groups in total. The van der Waals surface area contributed by atoms with E-state index in [0.717, 1.165) is 67.4 Å². The van der Waals surface area contributed by atoms with E-state index in [1.165, 1.54) is 22.2 Å². The van der Waals surface area contributed by atoms with Gasteiger partial charge < -0.3 is 13.9 Å². The van der Waals surface area contributed by atoms with Gasteiger partial charge in [-0.25, -0.2) is 4.39 Å². The molecule has 0 amide bonds. The summed E-state index contributed by atoms with van der Waals surface area (Å²) >= 11 is 0. The highest BCUT2D eigenvalue weighted by Gasteiger charge is 2.27. The van der Waals surface area contributed by atoms with Crippen LogP contribution >= 0.6 is 0 Å². The van der Waals surface area contributed by atoms with Crippen LogP contribution in [0.3, 0.4) is 0 Å². The highest BCUT2D eigenvalue weighted by atomic mass is 19.1. The van der Waals surface area contributed by atoms with E-state index < -0.39 is 0 Å². The molecule has 0 bridgehead atoms. The molecule has 6 heteroatoms. The number of ether oxygens (including phenoxy) is 1. The summed E-state index contributed by atoms with van der Waals surface area (Å²) in [7, 11) is 2.07. The number of benzene rings is 2. The molecule has 174 valence electrons. The summed E-state index contributed by atoms with van der Waals surface area (Å²) in [6.07, 6.45) is 11.3. The van der Waals surface area contributed by atoms with Crippen LogP contribution in [-0.2, 0) is 24.6 Å². The summed E-state index contributed by atoms with van der Waals surface area (Å²) < 4.78 is 24.0. The fourth-order valence-corrected chi connectivity index (χ4v) is 5.52. The molecule has 0 saturated carbocycles. The summed E-state index contributed by atoms with van der Waals surface area (Å²) in [5.74, 6) is 0.197. The molecule has 0 aliphatic carbocycles. The average molecular weight is 457 g/mol. The van der Waals surface area contributed by atoms with Crippen LogP contribution in [-0.4, -0.2) is 32.5 Å². The number of nitrogens with one attached hydrogen (secondary N) is 1. The summed E-state index contributed by atoms with van der Waals surface area (Å²) in [4.78, 5) is 0. The van der Waals surface area contributed by atoms with Crippen molar-refractivity contribution in [3.05, 3.63) is 83.7 Å². The zero-order valence-corrected chi connectivity index (χ0v) is 19.4. The number of aryl methyl sites for hydroxylation is 3. The molecule has 5 nitrogen and oxygen atoms in total. The van der Waals surface area contributed by atoms with Gasteiger partial charge in [0.25, 0.3) is 0 Å². The summed E-state index contributed by atoms with van der Waals surface area (Å²) in [6, 6.07) is 13.6. The Kier molecular flexibility index (Phi) is 5.46. The van der Waals surface area contributed by atoms with Crippen molar-refractivity contribution in [1.82, 2.24) is 19.3 Å². The minimum Gasteiger partial charge on any atom is -0.381 e. The molecule has 0 spiro atoms. The average Bonchev–Trinajstić information content (AvgIpc) is 3.56. The Bertz CT molecular complexity index is 1440. The van der Waals surface area contributed by atoms with Crippen LogP contribution in [0, 0.1) is 5.82 Å². The minimum atomic E-state index is -0.215. The van der Waals surface area contributed by atoms with Gasteiger partial charge in [-0.1, -0.05) is 0 Å². The van der Waals surface area contributed by atoms with E-state index in [9.17, 15) is 4.39 Å². The molecule has 4 heterocycles. The largest absolute Gasteiger partial charge is 0.381 e. The van der Waals surface area contributed by atoms with E-state index in [1.807, 2.05) is 18.3 Å². The second-order valence-corrected chi connectivity index (χ2v) is 9.43. The molecule has 0 atom stereocenters. The number of rotatable bonds is 6. The second-order valence-electron chi connectivity index (χ2n) is 9.43. The molecular formula is C28H29FN4O. The molecule has 1 fully saturated rings. The van der Waals surface area contributed by atoms with E-state index in [0.29, 0.717) is 5.92 Å². The Hall–Kier alpha value is -3.38. The standard InChI is InChI=1S/C28H29FN4O/c1-32-12-9-19(18-32)3-2-4-24-25-16-26-21(17-30-31-26)15-27(25)33(23-7-5-22(29)6-8-23)28(24)20-10-13-34-14-11-20/h5-9,12,15-18,20H,2-4,10-11,13-14H2,1H3,(H,30,31). The van der Waals surface area contributed by atoms with Gasteiger partial charge in [-0.2, -0.15) is 5.10 Å². The number of aromatic amines is 1. The van der Waals surface area contributed by atoms with Crippen molar-refractivity contribution in [3.8, 4) is 5.69 Å². The van der Waals surface area contributed by atoms with Crippen molar-refractivity contribution < 1.29 is 9.13 Å². The molecule has 34 heavy (non-hydrogen) atoms. The van der Waals surface area contributed by atoms with Crippen LogP contribution in [0.15, 0.2) is 61.1 Å². The SMILES string of the molecule is Cn1ccc(CCCc2c(C3CCOCC3)n(-c3ccc(F)cc3)c3cc4cn[nH]c4cc23)c1. The molecule has 0 radical (unpaired) electrons. The van der Waals surface area contributed by atoms with Gasteiger partial charge in [-0.05, 0) is 85.7 Å². The summed E-state index contributed by atoms with van der Waals surface area (Å²) in [6.45, 7) is 1.56. The number of hydrogen-bond donors (Lipinski definition) is 1. The Morgan fingerprint density at radius 1 is 1.09 bits per heavy atom. The van der Waals surface area contributed by atoms with E-state index in [1.54, 1.807) is 12.1 Å². The van der Waals surface area contributed by atoms with Crippen molar-refractivity contribution >= 4 is 21.8 Å². The first-order valence-electron chi connectivity index (χ1n) is 12.1. The number of H-pyrrole nitrogens is 1. The van der Waals surface area contributed by atoms with Crippen LogP contribution in [0.2, 0.25) is 0 Å². The number of aromatic nitrogens is 4. The van der Waals surface area contributed by atoms with Gasteiger partial charge in [0.05, 0.1) is 17.2 Å². The zero-order chi connectivity index (χ0) is 23.1. The first-order valence-corrected chi connectivity index (χ1v) is 12.1. The normalized spacial score (nSPS) is 15.0. The summed E-state index contributed by atoms with van der Waals surface area (Å²) in [5.41, 5.74) is 7.35. The molecule has 2 aromatic carbocycles. The molecule has 6 rings (SSSR count). The summed E-state index contributed by atoms with van der Waals surface area (Å²) in [5, 5.41) is 9.75. The van der Waals surface area contributed by atoms with Gasteiger partial charge in [0.15, 0.2) is 0 Å². The van der Waals surface area contributed by atoms with E-state index in [-0.39, 0.29) is 5.82 Å². The van der Waals surface area contributed by atoms with Crippen LogP contribution < -0.4 is 0 Å². The number of nitrogens with zero attached hydrogens (tertiary/aromatic N) is 3. The lowest BCUT2D eigenvalue weighted by atomic mass is 9.90. The van der Waals surface area contributed by atoms with Crippen molar-refractivity contribution in [2.75, 3.05) is 13.2 Å². The van der Waals surface area contributed by atoms with Crippen molar-refractivity contribution in [2.45, 2.75) is 38.0 Å². The lowest BCUT2D eigenvalue weighted by Gasteiger charge is -2.26. The zero-order valence-electron chi connectivity index (χ0n) is 19.4. The van der Waals surface area contributed by atoms with Gasteiger partial charge in [-0.3, -0.25) is 5.10 Å². The molecule has 1 saturated heterocycles. The van der Waals surface area contributed by atoms with Gasteiger partial charge in [0, 0.05) is 60.7 Å². The predicted molar refractivity (Wildman–Crippen MR) is 133 cm³/mol. The maximum atomic E-state index is 13.8. The Morgan fingerprint density at radius 2 is 1.91 bits per heavy atom. The lowest BCUT2D eigenvalue weighted by molar-refractivity contribution is 0.0841. The van der Waals surface area contributed by atoms with Crippen LogP contribution in [0.5, 0.6) is 0 Å². The first-order chi connectivity index (χ1) is 16.7. The smallest absolute Gasteiger partial charge is 0.123 e. The number of halogens is 1. The van der Waals surface area contributed by atoms with Crippen LogP contribution in [0.4, 0.5) is 4.39 Å². The molecule has 3 aromatic heterocycles. The van der Waals surface area contributed by atoms with Gasteiger partial charge in [0.2, 0.25) is 0 Å². The van der Waals surface area contributed by atoms with Crippen molar-refractivity contribution in [1.29, 1.82) is 0 Å². The third kappa shape index (κ3) is 3.82. The molecular weight excluding hydrogens is 427 g/mol. The van der Waals surface area contributed by atoms with E-state index in [4.69, 9.17) is 4.74 Å². The maximum Gasteiger partial charge on any atom is 0.123 e. The third-order valence-electron chi connectivity index (χ3n) is 7.15. The minimum absolute atomic E-state index is 0.215. The van der Waals surface area contributed by atoms with Crippen molar-refractivity contribution in [2.24, 2.45) is 7.05 Å². The van der Waals surface area contributed by atoms with E-state index in [2.05, 4.69) is 57.0 Å². The van der Waals surface area contributed by atoms with E-state index >= 15 is 0 Å². The first kappa shape index (κ1) is 21.2. The fourth-order valence-electron chi connectivity index (χ4n) is 5.52. The Labute approximate surface area is 198 Å². The number of fused-ring (bicyclic) bond motifs is 2. The Morgan fingerprint density at radius 3 is 2.68 bits per heavy atom. The lowest BCUT2D eigenvalue weighted by Crippen LogP contribution is -2.18. The maximum absolute atomic E-state index is 13.8. The van der Waals surface area contributed by atoms with Crippen LogP contribution in [0.1, 0.15) is 42.0 Å². The van der Waals surface area contributed by atoms with Gasteiger partial charge in [-0.15, -0.1) is 0 Å². The fraction of sp³-hybridized carbons (Fsp3) is 0.321. The molecule has 1 aliphatic heterocycles. The van der Waals surface area contributed by atoms with Crippen molar-refractivity contribution in [3.63, 3.8) is 0 Å². The number of hydrogen-bond acceptors (Lipinski definition) is 2. The molecule has 0 unspecified atom stereocenters. The highest BCUT2D eigenvalue weighted by Crippen LogP contribution is 2.40. The van der Waals surface area contributed by atoms with Gasteiger partial charge in [0.1, 0.15) is 5.82 Å². The quantitative estimate of drug-likeness (QED) is 0.338. The monoisotopic (exact) mass is 456 g/mol. The van der Waals surface area contributed by atoms with Gasteiger partial charge >= 0.3 is 0 Å². The van der Waals surface area contributed by atoms with Crippen LogP contribution in [0.25, 0.3) is 27.5 Å². The third-order valence-corrected chi connectivity index (χ3v) is 7.15.